The van der Waals surface area contributed by atoms with Crippen LogP contribution < -0.4 is 5.32 Å². The quantitative estimate of drug-likeness (QED) is 0.627. The number of aromatic nitrogens is 1. The molecule has 1 aromatic rings. The lowest BCUT2D eigenvalue weighted by atomic mass is 10.0. The molecule has 1 unspecified atom stereocenters. The largest absolute Gasteiger partial charge is 0.312 e. The van der Waals surface area contributed by atoms with E-state index in [0.717, 1.165) is 18.8 Å². The second-order valence-corrected chi connectivity index (χ2v) is 2.95. The predicted molar refractivity (Wildman–Crippen MR) is 49.0 cm³/mol. The molecule has 0 saturated carbocycles. The van der Waals surface area contributed by atoms with Gasteiger partial charge in [-0.25, -0.2) is 0 Å². The van der Waals surface area contributed by atoms with Crippen LogP contribution in [0.3, 0.4) is 0 Å². The van der Waals surface area contributed by atoms with Gasteiger partial charge in [-0.1, -0.05) is 18.2 Å². The van der Waals surface area contributed by atoms with E-state index in [-0.39, 0.29) is 0 Å². The van der Waals surface area contributed by atoms with Gasteiger partial charge in [0.2, 0.25) is 0 Å². The van der Waals surface area contributed by atoms with Gasteiger partial charge >= 0.3 is 0 Å². The van der Waals surface area contributed by atoms with Gasteiger partial charge in [-0.3, -0.25) is 4.98 Å². The molecule has 1 aliphatic heterocycles. The molecule has 2 nitrogen and oxygen atoms in total. The van der Waals surface area contributed by atoms with Crippen molar-refractivity contribution in [1.82, 2.24) is 10.3 Å². The maximum absolute atomic E-state index is 4.31. The van der Waals surface area contributed by atoms with Crippen molar-refractivity contribution in [3.8, 4) is 0 Å². The molecule has 0 radical (unpaired) electrons. The second-order valence-electron chi connectivity index (χ2n) is 2.95. The lowest BCUT2D eigenvalue weighted by Gasteiger charge is -2.16. The Labute approximate surface area is 72.3 Å². The minimum absolute atomic E-state index is 0.458. The van der Waals surface area contributed by atoms with Gasteiger partial charge in [-0.15, -0.1) is 0 Å². The molecule has 1 aromatic heterocycles. The highest BCUT2D eigenvalue weighted by Crippen LogP contribution is 2.14. The summed E-state index contributed by atoms with van der Waals surface area (Å²) in [6.07, 6.45) is 6.22. The average Bonchev–Trinajstić information content (AvgIpc) is 2.21. The number of nitrogens with one attached hydrogen (secondary N) is 1. The standard InChI is InChI=1S/C10H12N2/c1-2-7-12-10(5-1)9-4-3-6-11-8-9/h1-5,7,9,11H,6,8H2. The predicted octanol–water partition coefficient (Wildman–Crippen LogP) is 1.32. The van der Waals surface area contributed by atoms with Crippen LogP contribution in [-0.2, 0) is 0 Å². The van der Waals surface area contributed by atoms with Crippen molar-refractivity contribution in [3.63, 3.8) is 0 Å². The fourth-order valence-corrected chi connectivity index (χ4v) is 1.42. The minimum atomic E-state index is 0.458. The van der Waals surface area contributed by atoms with E-state index < -0.39 is 0 Å². The van der Waals surface area contributed by atoms with E-state index in [0.29, 0.717) is 5.92 Å². The molecule has 0 aliphatic carbocycles. The third-order valence-corrected chi connectivity index (χ3v) is 2.06. The first-order chi connectivity index (χ1) is 5.97. The van der Waals surface area contributed by atoms with E-state index >= 15 is 0 Å². The van der Waals surface area contributed by atoms with Crippen molar-refractivity contribution in [1.29, 1.82) is 0 Å². The van der Waals surface area contributed by atoms with Gasteiger partial charge in [-0.2, -0.15) is 0 Å². The molecule has 2 heteroatoms. The molecular formula is C10H12N2. The van der Waals surface area contributed by atoms with Crippen LogP contribution in [0.1, 0.15) is 11.6 Å². The highest BCUT2D eigenvalue weighted by atomic mass is 14.9. The summed E-state index contributed by atoms with van der Waals surface area (Å²) < 4.78 is 0. The summed E-state index contributed by atoms with van der Waals surface area (Å²) in [6.45, 7) is 2.00. The zero-order valence-corrected chi connectivity index (χ0v) is 6.90. The van der Waals surface area contributed by atoms with Gasteiger partial charge in [0.1, 0.15) is 0 Å². The van der Waals surface area contributed by atoms with Gasteiger partial charge in [0.05, 0.1) is 0 Å². The van der Waals surface area contributed by atoms with Crippen molar-refractivity contribution < 1.29 is 0 Å². The molecule has 2 heterocycles. The summed E-state index contributed by atoms with van der Waals surface area (Å²) in [5.41, 5.74) is 1.15. The fourth-order valence-electron chi connectivity index (χ4n) is 1.42. The molecule has 0 amide bonds. The highest BCUT2D eigenvalue weighted by Gasteiger charge is 2.10. The van der Waals surface area contributed by atoms with Crippen LogP contribution in [0.2, 0.25) is 0 Å². The highest BCUT2D eigenvalue weighted by molar-refractivity contribution is 5.18. The van der Waals surface area contributed by atoms with Crippen LogP contribution in [0.5, 0.6) is 0 Å². The summed E-state index contributed by atoms with van der Waals surface area (Å²) in [5.74, 6) is 0.458. The number of pyridine rings is 1. The third kappa shape index (κ3) is 1.53. The molecule has 0 spiro atoms. The summed E-state index contributed by atoms with van der Waals surface area (Å²) in [4.78, 5) is 4.31. The Morgan fingerprint density at radius 3 is 3.08 bits per heavy atom. The number of nitrogens with zero attached hydrogens (tertiary/aromatic N) is 1. The molecule has 0 aromatic carbocycles. The summed E-state index contributed by atoms with van der Waals surface area (Å²) >= 11 is 0. The van der Waals surface area contributed by atoms with Crippen molar-refractivity contribution in [3.05, 3.63) is 42.2 Å². The topological polar surface area (TPSA) is 24.9 Å². The van der Waals surface area contributed by atoms with E-state index in [1.54, 1.807) is 0 Å². The van der Waals surface area contributed by atoms with Crippen LogP contribution in [0, 0.1) is 0 Å². The fraction of sp³-hybridized carbons (Fsp3) is 0.300. The molecule has 0 saturated heterocycles. The van der Waals surface area contributed by atoms with Crippen LogP contribution >= 0.6 is 0 Å². The molecule has 0 fully saturated rings. The SMILES string of the molecule is C1=CC(c2ccccn2)CNC1. The van der Waals surface area contributed by atoms with Crippen molar-refractivity contribution >= 4 is 0 Å². The summed E-state index contributed by atoms with van der Waals surface area (Å²) in [6, 6.07) is 6.05. The van der Waals surface area contributed by atoms with Crippen LogP contribution in [0.15, 0.2) is 36.5 Å². The first-order valence-electron chi connectivity index (χ1n) is 4.25. The lowest BCUT2D eigenvalue weighted by Crippen LogP contribution is -2.24. The van der Waals surface area contributed by atoms with Gasteiger partial charge < -0.3 is 5.32 Å². The maximum Gasteiger partial charge on any atom is 0.0484 e. The van der Waals surface area contributed by atoms with Gasteiger partial charge in [0, 0.05) is 30.9 Å². The molecule has 62 valence electrons. The van der Waals surface area contributed by atoms with E-state index in [2.05, 4.69) is 28.5 Å². The van der Waals surface area contributed by atoms with Gasteiger partial charge in [0.15, 0.2) is 0 Å². The third-order valence-electron chi connectivity index (χ3n) is 2.06. The molecule has 1 atom stereocenters. The minimum Gasteiger partial charge on any atom is -0.312 e. The van der Waals surface area contributed by atoms with E-state index in [1.807, 2.05) is 18.3 Å². The van der Waals surface area contributed by atoms with Crippen LogP contribution in [-0.4, -0.2) is 18.1 Å². The maximum atomic E-state index is 4.31. The Balaban J connectivity index is 2.19. The van der Waals surface area contributed by atoms with Gasteiger partial charge in [-0.05, 0) is 12.1 Å². The number of rotatable bonds is 1. The summed E-state index contributed by atoms with van der Waals surface area (Å²) in [5, 5.41) is 3.31. The number of hydrogen-bond acceptors (Lipinski definition) is 2. The Hall–Kier alpha value is -1.15. The average molecular weight is 160 g/mol. The second kappa shape index (κ2) is 3.50. The molecule has 2 rings (SSSR count). The van der Waals surface area contributed by atoms with Crippen LogP contribution in [0.4, 0.5) is 0 Å². The van der Waals surface area contributed by atoms with Crippen molar-refractivity contribution in [2.24, 2.45) is 0 Å². The van der Waals surface area contributed by atoms with Crippen LogP contribution in [0.25, 0.3) is 0 Å². The van der Waals surface area contributed by atoms with E-state index in [4.69, 9.17) is 0 Å². The lowest BCUT2D eigenvalue weighted by molar-refractivity contribution is 0.650. The molecule has 12 heavy (non-hydrogen) atoms. The molecule has 1 N–H and O–H groups in total. The first-order valence-corrected chi connectivity index (χ1v) is 4.25. The van der Waals surface area contributed by atoms with E-state index in [9.17, 15) is 0 Å². The zero-order chi connectivity index (χ0) is 8.23. The van der Waals surface area contributed by atoms with Crippen molar-refractivity contribution in [2.75, 3.05) is 13.1 Å². The monoisotopic (exact) mass is 160 g/mol. The van der Waals surface area contributed by atoms with E-state index in [1.165, 1.54) is 0 Å². The molecular weight excluding hydrogens is 148 g/mol. The Morgan fingerprint density at radius 2 is 2.42 bits per heavy atom. The first kappa shape index (κ1) is 7.50. The zero-order valence-electron chi connectivity index (χ0n) is 6.90. The Bertz CT molecular complexity index is 266. The van der Waals surface area contributed by atoms with Gasteiger partial charge in [0.25, 0.3) is 0 Å². The normalized spacial score (nSPS) is 22.5. The Kier molecular flexibility index (Phi) is 2.19. The summed E-state index contributed by atoms with van der Waals surface area (Å²) in [7, 11) is 0. The molecule has 0 bridgehead atoms. The van der Waals surface area contributed by atoms with Crippen molar-refractivity contribution in [2.45, 2.75) is 5.92 Å². The smallest absolute Gasteiger partial charge is 0.0484 e. The Morgan fingerprint density at radius 1 is 1.42 bits per heavy atom. The number of hydrogen-bond donors (Lipinski definition) is 1. The molecule has 1 aliphatic rings.